The van der Waals surface area contributed by atoms with Crippen LogP contribution in [-0.2, 0) is 21.4 Å². The molecule has 0 aliphatic heterocycles. The van der Waals surface area contributed by atoms with E-state index in [0.717, 1.165) is 9.18 Å². The van der Waals surface area contributed by atoms with Crippen LogP contribution < -0.4 is 5.43 Å². The van der Waals surface area contributed by atoms with Gasteiger partial charge in [-0.1, -0.05) is 53.5 Å². The first kappa shape index (κ1) is 22.5. The van der Waals surface area contributed by atoms with Gasteiger partial charge < -0.3 is 0 Å². The number of hydrogen-bond acceptors (Lipinski definition) is 5. The number of benzene rings is 2. The number of carbonyl (C=O) groups excluding carboxylic acids is 1. The summed E-state index contributed by atoms with van der Waals surface area (Å²) in [4.78, 5) is 13.3. The van der Waals surface area contributed by atoms with Crippen LogP contribution in [0.15, 0.2) is 76.0 Å². The number of thiophene rings is 1. The Bertz CT molecular complexity index is 1140. The molecule has 0 atom stereocenters. The Kier molecular flexibility index (Phi) is 7.63. The van der Waals surface area contributed by atoms with Crippen molar-refractivity contribution in [2.45, 2.75) is 11.4 Å². The van der Waals surface area contributed by atoms with Crippen LogP contribution in [-0.4, -0.2) is 31.4 Å². The highest BCUT2D eigenvalue weighted by molar-refractivity contribution is 7.89. The summed E-state index contributed by atoms with van der Waals surface area (Å²) >= 11 is 13.6. The summed E-state index contributed by atoms with van der Waals surface area (Å²) < 4.78 is 27.4. The van der Waals surface area contributed by atoms with Gasteiger partial charge in [0.25, 0.3) is 5.91 Å². The zero-order chi connectivity index (χ0) is 21.6. The summed E-state index contributed by atoms with van der Waals surface area (Å²) in [5.41, 5.74) is 2.89. The fourth-order valence-corrected chi connectivity index (χ4v) is 4.98. The molecule has 0 spiro atoms. The van der Waals surface area contributed by atoms with E-state index in [0.29, 0.717) is 15.6 Å². The minimum Gasteiger partial charge on any atom is -0.272 e. The summed E-state index contributed by atoms with van der Waals surface area (Å²) in [5, 5.41) is 6.51. The molecule has 30 heavy (non-hydrogen) atoms. The molecule has 6 nitrogen and oxygen atoms in total. The first-order valence-electron chi connectivity index (χ1n) is 8.71. The third kappa shape index (κ3) is 5.90. The van der Waals surface area contributed by atoms with E-state index in [4.69, 9.17) is 23.2 Å². The van der Waals surface area contributed by atoms with E-state index in [1.165, 1.54) is 35.8 Å². The van der Waals surface area contributed by atoms with E-state index in [1.54, 1.807) is 30.3 Å². The molecule has 1 N–H and O–H groups in total. The maximum atomic E-state index is 13.2. The number of rotatable bonds is 8. The molecule has 10 heteroatoms. The Labute approximate surface area is 188 Å². The second-order valence-electron chi connectivity index (χ2n) is 6.13. The summed E-state index contributed by atoms with van der Waals surface area (Å²) in [6, 6.07) is 16.4. The Hall–Kier alpha value is -2.23. The number of nitrogens with one attached hydrogen (secondary N) is 1. The molecular formula is C20H17Cl2N3O3S2. The van der Waals surface area contributed by atoms with Crippen molar-refractivity contribution in [3.8, 4) is 0 Å². The van der Waals surface area contributed by atoms with Crippen LogP contribution in [0.25, 0.3) is 0 Å². The van der Waals surface area contributed by atoms with Gasteiger partial charge in [0.2, 0.25) is 10.0 Å². The monoisotopic (exact) mass is 481 g/mol. The fraction of sp³-hybridized carbons (Fsp3) is 0.100. The highest BCUT2D eigenvalue weighted by Gasteiger charge is 2.27. The van der Waals surface area contributed by atoms with Gasteiger partial charge in [-0.3, -0.25) is 4.79 Å². The molecule has 0 bridgehead atoms. The molecule has 1 aromatic heterocycles. The van der Waals surface area contributed by atoms with Gasteiger partial charge in [0, 0.05) is 21.5 Å². The van der Waals surface area contributed by atoms with E-state index in [1.807, 2.05) is 17.5 Å². The van der Waals surface area contributed by atoms with Gasteiger partial charge in [-0.25, -0.2) is 13.8 Å². The lowest BCUT2D eigenvalue weighted by atomic mass is 10.2. The second-order valence-corrected chi connectivity index (χ2v) is 9.89. The fourth-order valence-electron chi connectivity index (χ4n) is 2.54. The van der Waals surface area contributed by atoms with Crippen molar-refractivity contribution in [3.63, 3.8) is 0 Å². The van der Waals surface area contributed by atoms with Crippen molar-refractivity contribution in [2.24, 2.45) is 5.10 Å². The third-order valence-corrected chi connectivity index (χ3v) is 7.19. The van der Waals surface area contributed by atoms with E-state index >= 15 is 0 Å². The standard InChI is InChI=1S/C20H17Cl2N3O3S2/c21-16-9-8-15(19(22)11-16)13-25(30(27,28)18-6-2-1-3-7-18)14-20(26)24-23-12-17-5-4-10-29-17/h1-12H,13-14H2,(H,24,26). The molecule has 0 radical (unpaired) electrons. The molecule has 3 aromatic rings. The third-order valence-electron chi connectivity index (χ3n) is 3.99. The molecular weight excluding hydrogens is 465 g/mol. The maximum absolute atomic E-state index is 13.2. The molecule has 0 saturated carbocycles. The average Bonchev–Trinajstić information content (AvgIpc) is 3.23. The van der Waals surface area contributed by atoms with Gasteiger partial charge in [-0.2, -0.15) is 9.41 Å². The molecule has 1 amide bonds. The Balaban J connectivity index is 1.82. The second kappa shape index (κ2) is 10.2. The summed E-state index contributed by atoms with van der Waals surface area (Å²) in [6.45, 7) is -0.534. The number of hydrazone groups is 1. The first-order valence-corrected chi connectivity index (χ1v) is 11.8. The van der Waals surface area contributed by atoms with Crippen LogP contribution >= 0.6 is 34.5 Å². The lowest BCUT2D eigenvalue weighted by molar-refractivity contribution is -0.121. The predicted octanol–water partition coefficient (Wildman–Crippen LogP) is 4.40. The summed E-state index contributed by atoms with van der Waals surface area (Å²) in [6.07, 6.45) is 1.49. The summed E-state index contributed by atoms with van der Waals surface area (Å²) in [7, 11) is -3.96. The molecule has 2 aromatic carbocycles. The van der Waals surface area contributed by atoms with Crippen LogP contribution in [0.5, 0.6) is 0 Å². The molecule has 1 heterocycles. The van der Waals surface area contributed by atoms with Crippen LogP contribution in [0.4, 0.5) is 0 Å². The van der Waals surface area contributed by atoms with Gasteiger partial charge >= 0.3 is 0 Å². The van der Waals surface area contributed by atoms with E-state index < -0.39 is 22.5 Å². The van der Waals surface area contributed by atoms with Gasteiger partial charge in [0.1, 0.15) is 0 Å². The molecule has 156 valence electrons. The van der Waals surface area contributed by atoms with Crippen molar-refractivity contribution in [1.29, 1.82) is 0 Å². The highest BCUT2D eigenvalue weighted by atomic mass is 35.5. The Morgan fingerprint density at radius 1 is 1.10 bits per heavy atom. The molecule has 0 aliphatic rings. The zero-order valence-electron chi connectivity index (χ0n) is 15.5. The molecule has 0 aliphatic carbocycles. The average molecular weight is 482 g/mol. The number of nitrogens with zero attached hydrogens (tertiary/aromatic N) is 2. The van der Waals surface area contributed by atoms with E-state index in [-0.39, 0.29) is 11.4 Å². The first-order chi connectivity index (χ1) is 14.4. The van der Waals surface area contributed by atoms with Gasteiger partial charge in [0.05, 0.1) is 17.7 Å². The number of halogens is 2. The Morgan fingerprint density at radius 2 is 1.87 bits per heavy atom. The van der Waals surface area contributed by atoms with E-state index in [2.05, 4.69) is 10.5 Å². The lowest BCUT2D eigenvalue weighted by Crippen LogP contribution is -2.39. The van der Waals surface area contributed by atoms with Crippen LogP contribution in [0.1, 0.15) is 10.4 Å². The molecule has 0 fully saturated rings. The van der Waals surface area contributed by atoms with Crippen molar-refractivity contribution in [2.75, 3.05) is 6.54 Å². The predicted molar refractivity (Wildman–Crippen MR) is 121 cm³/mol. The minimum atomic E-state index is -3.96. The quantitative estimate of drug-likeness (QED) is 0.382. The van der Waals surface area contributed by atoms with Crippen molar-refractivity contribution in [3.05, 3.63) is 86.5 Å². The molecule has 0 unspecified atom stereocenters. The molecule has 3 rings (SSSR count). The SMILES string of the molecule is O=C(CN(Cc1ccc(Cl)cc1Cl)S(=O)(=O)c1ccccc1)NN=Cc1cccs1. The number of carbonyl (C=O) groups is 1. The van der Waals surface area contributed by atoms with Crippen molar-refractivity contribution < 1.29 is 13.2 Å². The zero-order valence-corrected chi connectivity index (χ0v) is 18.7. The Morgan fingerprint density at radius 3 is 2.53 bits per heavy atom. The van der Waals surface area contributed by atoms with Crippen molar-refractivity contribution >= 4 is 56.7 Å². The van der Waals surface area contributed by atoms with Crippen LogP contribution in [0, 0.1) is 0 Å². The molecule has 0 saturated heterocycles. The number of hydrogen-bond donors (Lipinski definition) is 1. The largest absolute Gasteiger partial charge is 0.272 e. The normalized spacial score (nSPS) is 11.8. The van der Waals surface area contributed by atoms with E-state index in [9.17, 15) is 13.2 Å². The van der Waals surface area contributed by atoms with Gasteiger partial charge in [-0.05, 0) is 41.3 Å². The van der Waals surface area contributed by atoms with Crippen LogP contribution in [0.2, 0.25) is 10.0 Å². The van der Waals surface area contributed by atoms with Crippen molar-refractivity contribution in [1.82, 2.24) is 9.73 Å². The smallest absolute Gasteiger partial charge is 0.255 e. The number of sulfonamides is 1. The lowest BCUT2D eigenvalue weighted by Gasteiger charge is -2.22. The highest BCUT2D eigenvalue weighted by Crippen LogP contribution is 2.25. The minimum absolute atomic E-state index is 0.0740. The topological polar surface area (TPSA) is 78.8 Å². The maximum Gasteiger partial charge on any atom is 0.255 e. The van der Waals surface area contributed by atoms with Gasteiger partial charge in [-0.15, -0.1) is 11.3 Å². The number of amides is 1. The van der Waals surface area contributed by atoms with Crippen LogP contribution in [0.3, 0.4) is 0 Å². The summed E-state index contributed by atoms with van der Waals surface area (Å²) in [5.74, 6) is -0.576. The van der Waals surface area contributed by atoms with Gasteiger partial charge in [0.15, 0.2) is 0 Å².